The Morgan fingerprint density at radius 1 is 0.758 bits per heavy atom. The first-order valence-corrected chi connectivity index (χ1v) is 14.4. The number of hydrogen-bond donors (Lipinski definition) is 1. The second-order valence-electron chi connectivity index (χ2n) is 9.63. The topological polar surface area (TPSA) is 55.8 Å². The molecule has 0 amide bonds. The maximum Gasteiger partial charge on any atom is 0.305 e. The number of hydrogen-bond acceptors (Lipinski definition) is 6. The van der Waals surface area contributed by atoms with Crippen molar-refractivity contribution < 1.29 is 19.1 Å². The predicted molar refractivity (Wildman–Crippen MR) is 140 cm³/mol. The molecule has 0 aromatic carbocycles. The fourth-order valence-electron chi connectivity index (χ4n) is 4.44. The molecule has 194 valence electrons. The second kappa shape index (κ2) is 21.8. The number of rotatable bonds is 21. The van der Waals surface area contributed by atoms with Gasteiger partial charge in [0.05, 0.1) is 13.2 Å². The monoisotopic (exact) mass is 485 g/mol. The lowest BCUT2D eigenvalue weighted by molar-refractivity contribution is -0.144. The number of likely N-dealkylation sites (tertiary alicyclic amines) is 1. The molecule has 33 heavy (non-hydrogen) atoms. The van der Waals surface area contributed by atoms with Gasteiger partial charge in [-0.1, -0.05) is 64.7 Å². The number of thiol groups is 1. The quantitative estimate of drug-likeness (QED) is 0.113. The standard InChI is InChI=1S/C27H51NO4S/c1-2-3-4-5-6-10-13-22-31-26(29)14-11-8-7-9-12-15-27(30)32-23-18-25-16-19-28(20-17-25)21-24-33/h25,33H,2-24H2,1H3. The van der Waals surface area contributed by atoms with E-state index >= 15 is 0 Å². The summed E-state index contributed by atoms with van der Waals surface area (Å²) in [4.78, 5) is 26.1. The van der Waals surface area contributed by atoms with Crippen molar-refractivity contribution in [3.63, 3.8) is 0 Å². The van der Waals surface area contributed by atoms with Crippen molar-refractivity contribution in [3.05, 3.63) is 0 Å². The Labute approximate surface area is 209 Å². The highest BCUT2D eigenvalue weighted by Crippen LogP contribution is 2.20. The molecular formula is C27H51NO4S. The van der Waals surface area contributed by atoms with Crippen LogP contribution in [-0.2, 0) is 19.1 Å². The van der Waals surface area contributed by atoms with Gasteiger partial charge >= 0.3 is 11.9 Å². The molecule has 0 unspecified atom stereocenters. The molecule has 1 heterocycles. The lowest BCUT2D eigenvalue weighted by Gasteiger charge is -2.31. The lowest BCUT2D eigenvalue weighted by Crippen LogP contribution is -2.35. The summed E-state index contributed by atoms with van der Waals surface area (Å²) in [5, 5.41) is 0. The van der Waals surface area contributed by atoms with Crippen LogP contribution in [0.15, 0.2) is 0 Å². The molecule has 1 saturated heterocycles. The molecule has 1 fully saturated rings. The summed E-state index contributed by atoms with van der Waals surface area (Å²) in [6, 6.07) is 0. The number of ether oxygens (including phenoxy) is 2. The van der Waals surface area contributed by atoms with Crippen LogP contribution in [0.2, 0.25) is 0 Å². The average Bonchev–Trinajstić information content (AvgIpc) is 2.81. The highest BCUT2D eigenvalue weighted by atomic mass is 32.1. The fraction of sp³-hybridized carbons (Fsp3) is 0.926. The molecule has 0 radical (unpaired) electrons. The first kappa shape index (κ1) is 30.3. The summed E-state index contributed by atoms with van der Waals surface area (Å²) >= 11 is 4.30. The minimum atomic E-state index is -0.0588. The van der Waals surface area contributed by atoms with E-state index in [4.69, 9.17) is 9.47 Å². The molecule has 0 aromatic heterocycles. The maximum absolute atomic E-state index is 11.9. The number of esters is 2. The molecule has 0 bridgehead atoms. The Hall–Kier alpha value is -0.750. The molecule has 0 saturated carbocycles. The molecule has 5 nitrogen and oxygen atoms in total. The van der Waals surface area contributed by atoms with Gasteiger partial charge in [-0.05, 0) is 57.5 Å². The summed E-state index contributed by atoms with van der Waals surface area (Å²) < 4.78 is 10.8. The van der Waals surface area contributed by atoms with E-state index in [0.29, 0.717) is 32.0 Å². The van der Waals surface area contributed by atoms with Gasteiger partial charge in [0.2, 0.25) is 0 Å². The van der Waals surface area contributed by atoms with Crippen LogP contribution in [-0.4, -0.2) is 55.4 Å². The highest BCUT2D eigenvalue weighted by Gasteiger charge is 2.18. The molecule has 1 aliphatic heterocycles. The van der Waals surface area contributed by atoms with E-state index in [1.165, 1.54) is 44.9 Å². The molecule has 0 atom stereocenters. The smallest absolute Gasteiger partial charge is 0.305 e. The number of carbonyl (C=O) groups excluding carboxylic acids is 2. The zero-order chi connectivity index (χ0) is 24.0. The Morgan fingerprint density at radius 2 is 1.27 bits per heavy atom. The summed E-state index contributed by atoms with van der Waals surface area (Å²) in [5.74, 6) is 1.50. The van der Waals surface area contributed by atoms with Gasteiger partial charge in [0.25, 0.3) is 0 Å². The van der Waals surface area contributed by atoms with Crippen molar-refractivity contribution in [1.82, 2.24) is 4.90 Å². The fourth-order valence-corrected chi connectivity index (χ4v) is 4.72. The average molecular weight is 486 g/mol. The summed E-state index contributed by atoms with van der Waals surface area (Å²) in [6.45, 7) is 6.75. The van der Waals surface area contributed by atoms with Crippen molar-refractivity contribution in [2.24, 2.45) is 5.92 Å². The third-order valence-electron chi connectivity index (χ3n) is 6.69. The zero-order valence-electron chi connectivity index (χ0n) is 21.4. The molecule has 1 aliphatic rings. The Morgan fingerprint density at radius 3 is 1.85 bits per heavy atom. The molecule has 6 heteroatoms. The van der Waals surface area contributed by atoms with Crippen LogP contribution in [0, 0.1) is 5.92 Å². The van der Waals surface area contributed by atoms with Gasteiger partial charge in [0.1, 0.15) is 0 Å². The summed E-state index contributed by atoms with van der Waals surface area (Å²) in [6.07, 6.45) is 17.9. The van der Waals surface area contributed by atoms with E-state index in [-0.39, 0.29) is 11.9 Å². The number of unbranched alkanes of at least 4 members (excludes halogenated alkanes) is 10. The van der Waals surface area contributed by atoms with E-state index in [2.05, 4.69) is 24.5 Å². The third kappa shape index (κ3) is 18.3. The summed E-state index contributed by atoms with van der Waals surface area (Å²) in [7, 11) is 0. The van der Waals surface area contributed by atoms with E-state index in [1.54, 1.807) is 0 Å². The van der Waals surface area contributed by atoms with Crippen LogP contribution in [0.3, 0.4) is 0 Å². The first-order chi connectivity index (χ1) is 16.2. The highest BCUT2D eigenvalue weighted by molar-refractivity contribution is 7.80. The van der Waals surface area contributed by atoms with Crippen molar-refractivity contribution in [1.29, 1.82) is 0 Å². The number of piperidine rings is 1. The van der Waals surface area contributed by atoms with E-state index in [0.717, 1.165) is 76.8 Å². The maximum atomic E-state index is 11.9. The number of nitrogens with zero attached hydrogens (tertiary/aromatic N) is 1. The summed E-state index contributed by atoms with van der Waals surface area (Å²) in [5.41, 5.74) is 0. The van der Waals surface area contributed by atoms with Crippen molar-refractivity contribution in [2.45, 2.75) is 116 Å². The molecule has 0 aromatic rings. The van der Waals surface area contributed by atoms with Crippen molar-refractivity contribution >= 4 is 24.6 Å². The zero-order valence-corrected chi connectivity index (χ0v) is 22.3. The van der Waals surface area contributed by atoms with E-state index in [9.17, 15) is 9.59 Å². The van der Waals surface area contributed by atoms with Gasteiger partial charge < -0.3 is 14.4 Å². The van der Waals surface area contributed by atoms with Gasteiger partial charge in [0.15, 0.2) is 0 Å². The van der Waals surface area contributed by atoms with E-state index in [1.807, 2.05) is 0 Å². The molecule has 0 N–H and O–H groups in total. The van der Waals surface area contributed by atoms with E-state index < -0.39 is 0 Å². The molecular weight excluding hydrogens is 434 g/mol. The van der Waals surface area contributed by atoms with Gasteiger partial charge in [0, 0.05) is 25.1 Å². The Balaban J connectivity index is 1.83. The molecule has 1 rings (SSSR count). The van der Waals surface area contributed by atoms with Gasteiger partial charge in [-0.25, -0.2) is 0 Å². The van der Waals surface area contributed by atoms with Crippen molar-refractivity contribution in [2.75, 3.05) is 38.6 Å². The largest absolute Gasteiger partial charge is 0.466 e. The van der Waals surface area contributed by atoms with Gasteiger partial charge in [-0.15, -0.1) is 0 Å². The minimum Gasteiger partial charge on any atom is -0.466 e. The van der Waals surface area contributed by atoms with Gasteiger partial charge in [-0.3, -0.25) is 9.59 Å². The van der Waals surface area contributed by atoms with Crippen LogP contribution in [0.25, 0.3) is 0 Å². The second-order valence-corrected chi connectivity index (χ2v) is 10.1. The van der Waals surface area contributed by atoms with Gasteiger partial charge in [-0.2, -0.15) is 12.6 Å². The minimum absolute atomic E-state index is 0.0584. The first-order valence-electron chi connectivity index (χ1n) is 13.8. The van der Waals surface area contributed by atoms with Crippen LogP contribution in [0.4, 0.5) is 0 Å². The normalized spacial score (nSPS) is 15.0. The van der Waals surface area contributed by atoms with Crippen LogP contribution < -0.4 is 0 Å². The Kier molecular flexibility index (Phi) is 20.0. The SMILES string of the molecule is CCCCCCCCCOC(=O)CCCCCCCC(=O)OCCC1CCN(CCS)CC1. The predicted octanol–water partition coefficient (Wildman–Crippen LogP) is 6.59. The Bertz CT molecular complexity index is 481. The lowest BCUT2D eigenvalue weighted by atomic mass is 9.94. The number of carbonyl (C=O) groups is 2. The van der Waals surface area contributed by atoms with Crippen LogP contribution in [0.5, 0.6) is 0 Å². The third-order valence-corrected chi connectivity index (χ3v) is 6.89. The van der Waals surface area contributed by atoms with Crippen LogP contribution in [0.1, 0.15) is 116 Å². The van der Waals surface area contributed by atoms with Crippen molar-refractivity contribution in [3.8, 4) is 0 Å². The molecule has 0 aliphatic carbocycles. The molecule has 0 spiro atoms. The van der Waals surface area contributed by atoms with Crippen LogP contribution >= 0.6 is 12.6 Å².